The summed E-state index contributed by atoms with van der Waals surface area (Å²) >= 11 is 6.56. The number of ether oxygens (including phenoxy) is 1. The molecule has 0 saturated carbocycles. The third-order valence-electron chi connectivity index (χ3n) is 1.61. The van der Waals surface area contributed by atoms with Crippen LogP contribution in [-0.4, -0.2) is 13.4 Å². The summed E-state index contributed by atoms with van der Waals surface area (Å²) in [4.78, 5) is 10.2. The van der Waals surface area contributed by atoms with Crippen molar-refractivity contribution in [2.24, 2.45) is 0 Å². The first-order valence-corrected chi connectivity index (χ1v) is 5.32. The van der Waals surface area contributed by atoms with Gasteiger partial charge in [0.25, 0.3) is 0 Å². The summed E-state index contributed by atoms with van der Waals surface area (Å²) in [6, 6.07) is 5.54. The molecule has 0 radical (unpaired) electrons. The second-order valence-corrected chi connectivity index (χ2v) is 4.33. The van der Waals surface area contributed by atoms with Crippen LogP contribution < -0.4 is 4.74 Å². The summed E-state index contributed by atoms with van der Waals surface area (Å²) in [6.07, 6.45) is 0.825. The van der Waals surface area contributed by atoms with E-state index in [0.717, 1.165) is 16.3 Å². The van der Waals surface area contributed by atoms with E-state index in [1.54, 1.807) is 7.11 Å². The number of aldehydes is 1. The SMILES string of the molecule is COc1cc(Br)ccc1[C@H](Br)C=O. The van der Waals surface area contributed by atoms with Crippen molar-refractivity contribution in [1.82, 2.24) is 0 Å². The Morgan fingerprint density at radius 3 is 2.77 bits per heavy atom. The highest BCUT2D eigenvalue weighted by Crippen LogP contribution is 2.31. The lowest BCUT2D eigenvalue weighted by Gasteiger charge is -2.09. The van der Waals surface area contributed by atoms with Crippen molar-refractivity contribution in [2.75, 3.05) is 7.11 Å². The zero-order valence-corrected chi connectivity index (χ0v) is 10.1. The summed E-state index contributed by atoms with van der Waals surface area (Å²) < 4.78 is 6.06. The van der Waals surface area contributed by atoms with Gasteiger partial charge in [-0.2, -0.15) is 0 Å². The first-order chi connectivity index (χ1) is 6.19. The summed E-state index contributed by atoms with van der Waals surface area (Å²) in [5.74, 6) is 0.698. The summed E-state index contributed by atoms with van der Waals surface area (Å²) in [7, 11) is 1.58. The minimum atomic E-state index is -0.310. The highest BCUT2D eigenvalue weighted by Gasteiger charge is 2.11. The van der Waals surface area contributed by atoms with Crippen molar-refractivity contribution in [3.8, 4) is 5.75 Å². The second kappa shape index (κ2) is 4.77. The molecule has 0 aliphatic rings. The number of methoxy groups -OCH3 is 1. The van der Waals surface area contributed by atoms with Crippen LogP contribution in [-0.2, 0) is 4.79 Å². The molecule has 1 rings (SSSR count). The highest BCUT2D eigenvalue weighted by molar-refractivity contribution is 9.10. The van der Waals surface area contributed by atoms with Crippen LogP contribution in [0.5, 0.6) is 5.75 Å². The molecule has 0 aliphatic heterocycles. The molecule has 0 amide bonds. The molecular weight excluding hydrogens is 300 g/mol. The Morgan fingerprint density at radius 1 is 1.54 bits per heavy atom. The molecule has 0 aliphatic carbocycles. The largest absolute Gasteiger partial charge is 0.496 e. The van der Waals surface area contributed by atoms with Gasteiger partial charge in [-0.05, 0) is 12.1 Å². The molecular formula is C9H8Br2O2. The van der Waals surface area contributed by atoms with Crippen LogP contribution in [0.15, 0.2) is 22.7 Å². The lowest BCUT2D eigenvalue weighted by molar-refractivity contribution is -0.107. The normalized spacial score (nSPS) is 12.2. The molecule has 0 heterocycles. The third kappa shape index (κ3) is 2.54. The second-order valence-electron chi connectivity index (χ2n) is 2.42. The van der Waals surface area contributed by atoms with Gasteiger partial charge in [0.05, 0.1) is 11.9 Å². The van der Waals surface area contributed by atoms with Crippen LogP contribution >= 0.6 is 31.9 Å². The summed E-state index contributed by atoms with van der Waals surface area (Å²) in [6.45, 7) is 0. The molecule has 1 aromatic rings. The summed E-state index contributed by atoms with van der Waals surface area (Å²) in [5.41, 5.74) is 0.834. The van der Waals surface area contributed by atoms with E-state index in [1.807, 2.05) is 18.2 Å². The molecule has 70 valence electrons. The molecule has 2 nitrogen and oxygen atoms in total. The van der Waals surface area contributed by atoms with Crippen molar-refractivity contribution >= 4 is 38.1 Å². The number of carbonyl (C=O) groups excluding carboxylic acids is 1. The lowest BCUT2D eigenvalue weighted by Crippen LogP contribution is -1.95. The first-order valence-electron chi connectivity index (χ1n) is 3.62. The number of alkyl halides is 1. The molecule has 0 fully saturated rings. The number of hydrogen-bond acceptors (Lipinski definition) is 2. The molecule has 0 N–H and O–H groups in total. The average molecular weight is 308 g/mol. The zero-order chi connectivity index (χ0) is 9.84. The van der Waals surface area contributed by atoms with Gasteiger partial charge < -0.3 is 9.53 Å². The highest BCUT2D eigenvalue weighted by atomic mass is 79.9. The van der Waals surface area contributed by atoms with Gasteiger partial charge in [0.15, 0.2) is 0 Å². The number of halogens is 2. The standard InChI is InChI=1S/C9H8Br2O2/c1-13-9-4-6(10)2-3-7(9)8(11)5-12/h2-5,8H,1H3/t8-/m1/s1. The van der Waals surface area contributed by atoms with Gasteiger partial charge in [-0.3, -0.25) is 0 Å². The lowest BCUT2D eigenvalue weighted by atomic mass is 10.1. The molecule has 0 bridgehead atoms. The number of hydrogen-bond donors (Lipinski definition) is 0. The van der Waals surface area contributed by atoms with Gasteiger partial charge in [0.1, 0.15) is 12.0 Å². The molecule has 0 aromatic heterocycles. The van der Waals surface area contributed by atoms with Crippen molar-refractivity contribution < 1.29 is 9.53 Å². The molecule has 0 saturated heterocycles. The van der Waals surface area contributed by atoms with Gasteiger partial charge in [-0.25, -0.2) is 0 Å². The van der Waals surface area contributed by atoms with Gasteiger partial charge in [0.2, 0.25) is 0 Å². The fourth-order valence-corrected chi connectivity index (χ4v) is 1.70. The predicted octanol–water partition coefficient (Wildman–Crippen LogP) is 3.09. The maximum atomic E-state index is 10.5. The Hall–Kier alpha value is -0.350. The smallest absolute Gasteiger partial charge is 0.138 e. The Bertz CT molecular complexity index is 312. The van der Waals surface area contributed by atoms with Gasteiger partial charge >= 0.3 is 0 Å². The third-order valence-corrected chi connectivity index (χ3v) is 2.81. The van der Waals surface area contributed by atoms with E-state index in [0.29, 0.717) is 5.75 Å². The van der Waals surface area contributed by atoms with Gasteiger partial charge in [-0.15, -0.1) is 0 Å². The minimum Gasteiger partial charge on any atom is -0.496 e. The molecule has 0 spiro atoms. The molecule has 1 aromatic carbocycles. The number of benzene rings is 1. The van der Waals surface area contributed by atoms with Crippen molar-refractivity contribution in [3.63, 3.8) is 0 Å². The molecule has 13 heavy (non-hydrogen) atoms. The van der Waals surface area contributed by atoms with Crippen LogP contribution in [0.25, 0.3) is 0 Å². The number of rotatable bonds is 3. The minimum absolute atomic E-state index is 0.310. The molecule has 1 atom stereocenters. The van der Waals surface area contributed by atoms with E-state index >= 15 is 0 Å². The Morgan fingerprint density at radius 2 is 2.23 bits per heavy atom. The van der Waals surface area contributed by atoms with Crippen molar-refractivity contribution in [3.05, 3.63) is 28.2 Å². The van der Waals surface area contributed by atoms with E-state index in [2.05, 4.69) is 31.9 Å². The van der Waals surface area contributed by atoms with E-state index in [4.69, 9.17) is 4.74 Å². The van der Waals surface area contributed by atoms with Crippen LogP contribution in [0.4, 0.5) is 0 Å². The van der Waals surface area contributed by atoms with Crippen molar-refractivity contribution in [2.45, 2.75) is 4.83 Å². The monoisotopic (exact) mass is 306 g/mol. The zero-order valence-electron chi connectivity index (χ0n) is 6.96. The molecule has 4 heteroatoms. The van der Waals surface area contributed by atoms with Crippen LogP contribution in [0.3, 0.4) is 0 Å². The van der Waals surface area contributed by atoms with Crippen LogP contribution in [0.2, 0.25) is 0 Å². The Balaban J connectivity index is 3.12. The maximum absolute atomic E-state index is 10.5. The fourth-order valence-electron chi connectivity index (χ4n) is 0.986. The fraction of sp³-hybridized carbons (Fsp3) is 0.222. The van der Waals surface area contributed by atoms with E-state index in [9.17, 15) is 4.79 Å². The first kappa shape index (κ1) is 10.7. The number of carbonyl (C=O) groups is 1. The van der Waals surface area contributed by atoms with Crippen molar-refractivity contribution in [1.29, 1.82) is 0 Å². The van der Waals surface area contributed by atoms with Crippen LogP contribution in [0, 0.1) is 0 Å². The van der Waals surface area contributed by atoms with E-state index in [-0.39, 0.29) is 4.83 Å². The molecule has 0 unspecified atom stereocenters. The van der Waals surface area contributed by atoms with E-state index in [1.165, 1.54) is 0 Å². The van der Waals surface area contributed by atoms with E-state index < -0.39 is 0 Å². The van der Waals surface area contributed by atoms with Crippen LogP contribution in [0.1, 0.15) is 10.4 Å². The Kier molecular flexibility index (Phi) is 3.93. The average Bonchev–Trinajstić information content (AvgIpc) is 2.16. The quantitative estimate of drug-likeness (QED) is 0.633. The van der Waals surface area contributed by atoms with Gasteiger partial charge in [-0.1, -0.05) is 37.9 Å². The predicted molar refractivity (Wildman–Crippen MR) is 58.4 cm³/mol. The topological polar surface area (TPSA) is 26.3 Å². The maximum Gasteiger partial charge on any atom is 0.138 e. The Labute approximate surface area is 93.5 Å². The van der Waals surface area contributed by atoms with Gasteiger partial charge in [0, 0.05) is 10.0 Å². The summed E-state index contributed by atoms with van der Waals surface area (Å²) in [5, 5.41) is 0.